The molecule has 2 aromatic heterocycles. The van der Waals surface area contributed by atoms with E-state index in [1.54, 1.807) is 0 Å². The molecule has 1 saturated heterocycles. The first-order valence-corrected chi connectivity index (χ1v) is 8.64. The number of hydrogen-bond acceptors (Lipinski definition) is 3. The van der Waals surface area contributed by atoms with E-state index in [0.29, 0.717) is 18.9 Å². The molecule has 2 N–H and O–H groups in total. The van der Waals surface area contributed by atoms with Gasteiger partial charge in [-0.3, -0.25) is 4.68 Å². The summed E-state index contributed by atoms with van der Waals surface area (Å²) in [6, 6.07) is 7.95. The van der Waals surface area contributed by atoms with Crippen LogP contribution in [-0.2, 0) is 13.5 Å². The fraction of sp³-hybridized carbons (Fsp3) is 0.389. The number of carbonyl (C=O) groups is 1. The van der Waals surface area contributed by atoms with Crippen molar-refractivity contribution in [3.63, 3.8) is 0 Å². The predicted octanol–water partition coefficient (Wildman–Crippen LogP) is 2.04. The number of imidazole rings is 1. The van der Waals surface area contributed by atoms with Crippen molar-refractivity contribution >= 4 is 17.1 Å². The molecule has 1 aliphatic rings. The number of H-pyrrole nitrogens is 1. The molecule has 0 radical (unpaired) electrons. The molecule has 3 heterocycles. The number of para-hydroxylation sites is 2. The second kappa shape index (κ2) is 6.58. The lowest BCUT2D eigenvalue weighted by molar-refractivity contribution is 0.208. The zero-order valence-corrected chi connectivity index (χ0v) is 14.3. The number of aromatic nitrogens is 4. The highest BCUT2D eigenvalue weighted by molar-refractivity contribution is 5.75. The van der Waals surface area contributed by atoms with Gasteiger partial charge in [-0.2, -0.15) is 5.10 Å². The number of aromatic amines is 1. The van der Waals surface area contributed by atoms with Gasteiger partial charge in [-0.15, -0.1) is 0 Å². The van der Waals surface area contributed by atoms with Crippen LogP contribution in [-0.4, -0.2) is 50.3 Å². The first-order chi connectivity index (χ1) is 12.2. The van der Waals surface area contributed by atoms with Crippen LogP contribution in [0.15, 0.2) is 36.7 Å². The molecule has 1 atom stereocenters. The third-order valence-corrected chi connectivity index (χ3v) is 4.75. The minimum absolute atomic E-state index is 0.00232. The van der Waals surface area contributed by atoms with E-state index < -0.39 is 0 Å². The standard InChI is InChI=1S/C18H22N6O/c1-23-11-14(10-20-23)13-7-9-24(12-13)18(25)19-8-6-17-21-15-4-2-3-5-16(15)22-17/h2-5,10-11,13H,6-9,12H2,1H3,(H,19,25)(H,21,22)/t13-/m0/s1. The molecule has 0 aliphatic carbocycles. The van der Waals surface area contributed by atoms with Crippen LogP contribution in [0.25, 0.3) is 11.0 Å². The normalized spacial score (nSPS) is 17.3. The summed E-state index contributed by atoms with van der Waals surface area (Å²) in [5, 5.41) is 7.22. The van der Waals surface area contributed by atoms with Crippen molar-refractivity contribution in [2.75, 3.05) is 19.6 Å². The van der Waals surface area contributed by atoms with Crippen molar-refractivity contribution in [3.05, 3.63) is 48.0 Å². The van der Waals surface area contributed by atoms with Crippen molar-refractivity contribution in [3.8, 4) is 0 Å². The van der Waals surface area contributed by atoms with Gasteiger partial charge in [-0.25, -0.2) is 9.78 Å². The van der Waals surface area contributed by atoms with Crippen LogP contribution in [0.4, 0.5) is 4.79 Å². The van der Waals surface area contributed by atoms with E-state index in [9.17, 15) is 4.79 Å². The van der Waals surface area contributed by atoms with Gasteiger partial charge in [0.2, 0.25) is 0 Å². The second-order valence-corrected chi connectivity index (χ2v) is 6.56. The Bertz CT molecular complexity index is 849. The molecule has 130 valence electrons. The molecule has 2 amide bonds. The van der Waals surface area contributed by atoms with Crippen molar-refractivity contribution in [1.82, 2.24) is 30.0 Å². The number of rotatable bonds is 4. The molecule has 0 spiro atoms. The second-order valence-electron chi connectivity index (χ2n) is 6.56. The van der Waals surface area contributed by atoms with Crippen molar-refractivity contribution in [2.24, 2.45) is 7.05 Å². The molecule has 0 unspecified atom stereocenters. The van der Waals surface area contributed by atoms with Gasteiger partial charge in [0.25, 0.3) is 0 Å². The SMILES string of the molecule is Cn1cc([C@H]2CCN(C(=O)NCCc3nc4ccccc4[nH]3)C2)cn1. The third-order valence-electron chi connectivity index (χ3n) is 4.75. The summed E-state index contributed by atoms with van der Waals surface area (Å²) in [4.78, 5) is 22.1. The molecular formula is C18H22N6O. The lowest BCUT2D eigenvalue weighted by Crippen LogP contribution is -2.39. The summed E-state index contributed by atoms with van der Waals surface area (Å²) in [5.74, 6) is 1.28. The van der Waals surface area contributed by atoms with Gasteiger partial charge in [-0.1, -0.05) is 12.1 Å². The van der Waals surface area contributed by atoms with Gasteiger partial charge in [-0.05, 0) is 24.1 Å². The summed E-state index contributed by atoms with van der Waals surface area (Å²) < 4.78 is 1.81. The number of hydrogen-bond donors (Lipinski definition) is 2. The smallest absolute Gasteiger partial charge is 0.317 e. The number of nitrogens with one attached hydrogen (secondary N) is 2. The minimum atomic E-state index is 0.00232. The van der Waals surface area contributed by atoms with E-state index in [2.05, 4.69) is 20.4 Å². The van der Waals surface area contributed by atoms with E-state index in [1.165, 1.54) is 5.56 Å². The largest absolute Gasteiger partial charge is 0.342 e. The van der Waals surface area contributed by atoms with Gasteiger partial charge < -0.3 is 15.2 Å². The Morgan fingerprint density at radius 2 is 2.28 bits per heavy atom. The van der Waals surface area contributed by atoms with Crippen LogP contribution in [0.2, 0.25) is 0 Å². The van der Waals surface area contributed by atoms with Crippen molar-refractivity contribution < 1.29 is 4.79 Å². The number of aryl methyl sites for hydroxylation is 1. The van der Waals surface area contributed by atoms with Gasteiger partial charge in [0.1, 0.15) is 5.82 Å². The Morgan fingerprint density at radius 1 is 1.40 bits per heavy atom. The molecule has 0 bridgehead atoms. The molecule has 1 aliphatic heterocycles. The molecule has 1 fully saturated rings. The predicted molar refractivity (Wildman–Crippen MR) is 95.3 cm³/mol. The average molecular weight is 338 g/mol. The number of likely N-dealkylation sites (tertiary alicyclic amines) is 1. The van der Waals surface area contributed by atoms with Crippen molar-refractivity contribution in [2.45, 2.75) is 18.8 Å². The lowest BCUT2D eigenvalue weighted by atomic mass is 10.0. The minimum Gasteiger partial charge on any atom is -0.342 e. The van der Waals surface area contributed by atoms with Crippen LogP contribution >= 0.6 is 0 Å². The highest BCUT2D eigenvalue weighted by Crippen LogP contribution is 2.26. The fourth-order valence-electron chi connectivity index (χ4n) is 3.39. The quantitative estimate of drug-likeness (QED) is 0.764. The summed E-state index contributed by atoms with van der Waals surface area (Å²) in [6.45, 7) is 2.12. The van der Waals surface area contributed by atoms with Gasteiger partial charge in [0, 0.05) is 45.2 Å². The maximum Gasteiger partial charge on any atom is 0.317 e. The summed E-state index contributed by atoms with van der Waals surface area (Å²) in [5.41, 5.74) is 3.20. The molecular weight excluding hydrogens is 316 g/mol. The maximum absolute atomic E-state index is 12.4. The highest BCUT2D eigenvalue weighted by atomic mass is 16.2. The Kier molecular flexibility index (Phi) is 4.13. The van der Waals surface area contributed by atoms with E-state index in [1.807, 2.05) is 53.3 Å². The molecule has 25 heavy (non-hydrogen) atoms. The first-order valence-electron chi connectivity index (χ1n) is 8.64. The number of carbonyl (C=O) groups excluding carboxylic acids is 1. The zero-order chi connectivity index (χ0) is 17.2. The lowest BCUT2D eigenvalue weighted by Gasteiger charge is -2.17. The van der Waals surface area contributed by atoms with Gasteiger partial charge in [0.15, 0.2) is 0 Å². The number of amides is 2. The van der Waals surface area contributed by atoms with Crippen molar-refractivity contribution in [1.29, 1.82) is 0 Å². The molecule has 4 rings (SSSR count). The van der Waals surface area contributed by atoms with Gasteiger partial charge >= 0.3 is 6.03 Å². The summed E-state index contributed by atoms with van der Waals surface area (Å²) in [7, 11) is 1.92. The Balaban J connectivity index is 1.28. The van der Waals surface area contributed by atoms with E-state index >= 15 is 0 Å². The number of urea groups is 1. The van der Waals surface area contributed by atoms with Crippen LogP contribution in [0.1, 0.15) is 23.7 Å². The summed E-state index contributed by atoms with van der Waals surface area (Å²) >= 11 is 0. The van der Waals surface area contributed by atoms with E-state index in [-0.39, 0.29) is 6.03 Å². The highest BCUT2D eigenvalue weighted by Gasteiger charge is 2.27. The molecule has 7 heteroatoms. The number of nitrogens with zero attached hydrogens (tertiary/aromatic N) is 4. The Hall–Kier alpha value is -2.83. The van der Waals surface area contributed by atoms with Crippen LogP contribution in [0.5, 0.6) is 0 Å². The topological polar surface area (TPSA) is 78.8 Å². The molecule has 7 nitrogen and oxygen atoms in total. The average Bonchev–Trinajstić information content (AvgIpc) is 3.32. The zero-order valence-electron chi connectivity index (χ0n) is 14.3. The number of benzene rings is 1. The first kappa shape index (κ1) is 15.7. The number of fused-ring (bicyclic) bond motifs is 1. The van der Waals surface area contributed by atoms with Gasteiger partial charge in [0.05, 0.1) is 17.2 Å². The third kappa shape index (κ3) is 3.35. The Labute approximate surface area is 146 Å². The Morgan fingerprint density at radius 3 is 3.08 bits per heavy atom. The van der Waals surface area contributed by atoms with Crippen LogP contribution < -0.4 is 5.32 Å². The van der Waals surface area contributed by atoms with Crippen LogP contribution in [0, 0.1) is 0 Å². The maximum atomic E-state index is 12.4. The van der Waals surface area contributed by atoms with Crippen LogP contribution in [0.3, 0.4) is 0 Å². The molecule has 3 aromatic rings. The summed E-state index contributed by atoms with van der Waals surface area (Å²) in [6.07, 6.45) is 5.62. The monoisotopic (exact) mass is 338 g/mol. The molecule has 0 saturated carbocycles. The van der Waals surface area contributed by atoms with E-state index in [0.717, 1.165) is 36.4 Å². The van der Waals surface area contributed by atoms with E-state index in [4.69, 9.17) is 0 Å². The fourth-order valence-corrected chi connectivity index (χ4v) is 3.39. The molecule has 1 aromatic carbocycles.